The SMILES string of the molecule is NNc1ncc(Br)cc1S(=O)(=O)Nc1cc(F)ccc1F. The topological polar surface area (TPSA) is 97.1 Å². The number of aromatic nitrogens is 1. The van der Waals surface area contributed by atoms with E-state index in [1.54, 1.807) is 0 Å². The van der Waals surface area contributed by atoms with Crippen molar-refractivity contribution in [1.82, 2.24) is 4.98 Å². The molecular weight excluding hydrogens is 370 g/mol. The summed E-state index contributed by atoms with van der Waals surface area (Å²) < 4.78 is 53.4. The average Bonchev–Trinajstić information content (AvgIpc) is 2.42. The van der Waals surface area contributed by atoms with Gasteiger partial charge in [0.25, 0.3) is 10.0 Å². The summed E-state index contributed by atoms with van der Waals surface area (Å²) >= 11 is 3.07. The number of hydrogen-bond acceptors (Lipinski definition) is 5. The highest BCUT2D eigenvalue weighted by Gasteiger charge is 2.21. The summed E-state index contributed by atoms with van der Waals surface area (Å²) in [5.41, 5.74) is 1.61. The standard InChI is InChI=1S/C11H9BrF2N4O2S/c12-6-3-10(11(17-15)16-5-6)21(19,20)18-9-4-7(13)1-2-8(9)14/h1-5,18H,15H2,(H,16,17). The van der Waals surface area contributed by atoms with E-state index in [1.807, 2.05) is 4.72 Å². The highest BCUT2D eigenvalue weighted by Crippen LogP contribution is 2.26. The van der Waals surface area contributed by atoms with E-state index in [0.717, 1.165) is 18.2 Å². The fraction of sp³-hybridized carbons (Fsp3) is 0. The van der Waals surface area contributed by atoms with E-state index in [-0.39, 0.29) is 10.7 Å². The summed E-state index contributed by atoms with van der Waals surface area (Å²) in [4.78, 5) is 3.46. The zero-order chi connectivity index (χ0) is 15.6. The molecule has 0 aliphatic rings. The van der Waals surface area contributed by atoms with E-state index in [0.29, 0.717) is 4.47 Å². The number of benzene rings is 1. The summed E-state index contributed by atoms with van der Waals surface area (Å²) in [5.74, 6) is 3.36. The van der Waals surface area contributed by atoms with E-state index in [4.69, 9.17) is 5.84 Å². The number of nitrogen functional groups attached to an aromatic ring is 1. The van der Waals surface area contributed by atoms with Crippen molar-refractivity contribution in [2.75, 3.05) is 10.1 Å². The molecule has 0 saturated heterocycles. The lowest BCUT2D eigenvalue weighted by Crippen LogP contribution is -2.19. The van der Waals surface area contributed by atoms with Crippen LogP contribution in [0.1, 0.15) is 0 Å². The van der Waals surface area contributed by atoms with Crippen LogP contribution in [0.4, 0.5) is 20.3 Å². The van der Waals surface area contributed by atoms with E-state index in [2.05, 4.69) is 26.3 Å². The van der Waals surface area contributed by atoms with Crippen LogP contribution in [-0.2, 0) is 10.0 Å². The number of pyridine rings is 1. The van der Waals surface area contributed by atoms with Gasteiger partial charge in [-0.3, -0.25) is 4.72 Å². The summed E-state index contributed by atoms with van der Waals surface area (Å²) in [6.07, 6.45) is 1.33. The number of nitrogens with one attached hydrogen (secondary N) is 2. The number of nitrogens with two attached hydrogens (primary N) is 1. The number of hydrazine groups is 1. The third-order valence-electron chi connectivity index (χ3n) is 2.42. The van der Waals surface area contributed by atoms with Gasteiger partial charge in [-0.2, -0.15) is 0 Å². The molecule has 112 valence electrons. The molecule has 2 aromatic rings. The van der Waals surface area contributed by atoms with Gasteiger partial charge in [-0.05, 0) is 34.1 Å². The number of hydrogen-bond donors (Lipinski definition) is 3. The molecule has 1 heterocycles. The number of anilines is 2. The lowest BCUT2D eigenvalue weighted by molar-refractivity contribution is 0.594. The minimum Gasteiger partial charge on any atom is -0.307 e. The quantitative estimate of drug-likeness (QED) is 0.559. The monoisotopic (exact) mass is 378 g/mol. The van der Waals surface area contributed by atoms with Crippen molar-refractivity contribution in [2.24, 2.45) is 5.84 Å². The third kappa shape index (κ3) is 3.46. The van der Waals surface area contributed by atoms with Crippen molar-refractivity contribution in [1.29, 1.82) is 0 Å². The van der Waals surface area contributed by atoms with Gasteiger partial charge in [0.1, 0.15) is 16.5 Å². The zero-order valence-electron chi connectivity index (χ0n) is 10.3. The minimum atomic E-state index is -4.21. The van der Waals surface area contributed by atoms with E-state index in [1.165, 1.54) is 12.3 Å². The second kappa shape index (κ2) is 5.92. The number of nitrogens with zero attached hydrogens (tertiary/aromatic N) is 1. The largest absolute Gasteiger partial charge is 0.307 e. The first-order valence-electron chi connectivity index (χ1n) is 5.43. The van der Waals surface area contributed by atoms with Gasteiger partial charge in [-0.1, -0.05) is 0 Å². The maximum absolute atomic E-state index is 13.5. The van der Waals surface area contributed by atoms with Gasteiger partial charge in [0, 0.05) is 16.7 Å². The molecule has 10 heteroatoms. The molecule has 0 bridgehead atoms. The molecule has 0 spiro atoms. The van der Waals surface area contributed by atoms with Gasteiger partial charge in [0.15, 0.2) is 5.82 Å². The predicted molar refractivity (Wildman–Crippen MR) is 76.9 cm³/mol. The molecular formula is C11H9BrF2N4O2S. The molecule has 0 atom stereocenters. The minimum absolute atomic E-state index is 0.137. The summed E-state index contributed by atoms with van der Waals surface area (Å²) in [6.45, 7) is 0. The molecule has 0 fully saturated rings. The Morgan fingerprint density at radius 2 is 1.95 bits per heavy atom. The van der Waals surface area contributed by atoms with Crippen LogP contribution < -0.4 is 16.0 Å². The lowest BCUT2D eigenvalue weighted by atomic mass is 10.3. The van der Waals surface area contributed by atoms with Crippen LogP contribution in [0.5, 0.6) is 0 Å². The number of sulfonamides is 1. The second-order valence-electron chi connectivity index (χ2n) is 3.87. The molecule has 1 aromatic carbocycles. The predicted octanol–water partition coefficient (Wildman–Crippen LogP) is 2.21. The van der Waals surface area contributed by atoms with Crippen molar-refractivity contribution in [3.05, 3.63) is 46.6 Å². The lowest BCUT2D eigenvalue weighted by Gasteiger charge is -2.12. The van der Waals surface area contributed by atoms with Gasteiger partial charge < -0.3 is 5.43 Å². The van der Waals surface area contributed by atoms with Crippen molar-refractivity contribution >= 4 is 37.5 Å². The number of rotatable bonds is 4. The Morgan fingerprint density at radius 3 is 2.62 bits per heavy atom. The van der Waals surface area contributed by atoms with Crippen LogP contribution in [0.25, 0.3) is 0 Å². The Balaban J connectivity index is 2.48. The first-order chi connectivity index (χ1) is 9.83. The highest BCUT2D eigenvalue weighted by atomic mass is 79.9. The first kappa shape index (κ1) is 15.6. The van der Waals surface area contributed by atoms with E-state index >= 15 is 0 Å². The Kier molecular flexibility index (Phi) is 4.40. The average molecular weight is 379 g/mol. The molecule has 4 N–H and O–H groups in total. The second-order valence-corrected chi connectivity index (χ2v) is 6.44. The summed E-state index contributed by atoms with van der Waals surface area (Å²) in [5, 5.41) is 0. The maximum atomic E-state index is 13.5. The molecule has 0 radical (unpaired) electrons. The van der Waals surface area contributed by atoms with Crippen molar-refractivity contribution in [3.8, 4) is 0 Å². The molecule has 2 rings (SSSR count). The molecule has 0 aliphatic heterocycles. The van der Waals surface area contributed by atoms with E-state index < -0.39 is 27.3 Å². The molecule has 21 heavy (non-hydrogen) atoms. The number of halogens is 3. The van der Waals surface area contributed by atoms with Crippen LogP contribution in [0.2, 0.25) is 0 Å². The van der Waals surface area contributed by atoms with Gasteiger partial charge >= 0.3 is 0 Å². The third-order valence-corrected chi connectivity index (χ3v) is 4.23. The normalized spacial score (nSPS) is 11.2. The van der Waals surface area contributed by atoms with Crippen LogP contribution in [0, 0.1) is 11.6 Å². The van der Waals surface area contributed by atoms with Gasteiger partial charge in [0.05, 0.1) is 5.69 Å². The molecule has 0 amide bonds. The summed E-state index contributed by atoms with van der Waals surface area (Å²) in [7, 11) is -4.21. The fourth-order valence-corrected chi connectivity index (χ4v) is 3.20. The molecule has 6 nitrogen and oxygen atoms in total. The van der Waals surface area contributed by atoms with Crippen LogP contribution in [0.3, 0.4) is 0 Å². The fourth-order valence-electron chi connectivity index (χ4n) is 1.51. The summed E-state index contributed by atoms with van der Waals surface area (Å²) in [6, 6.07) is 3.64. The smallest absolute Gasteiger partial charge is 0.265 e. The Bertz CT molecular complexity index is 786. The van der Waals surface area contributed by atoms with Gasteiger partial charge in [-0.25, -0.2) is 28.0 Å². The first-order valence-corrected chi connectivity index (χ1v) is 7.71. The zero-order valence-corrected chi connectivity index (χ0v) is 12.7. The molecule has 1 aromatic heterocycles. The van der Waals surface area contributed by atoms with Crippen LogP contribution >= 0.6 is 15.9 Å². The molecule has 0 saturated carbocycles. The van der Waals surface area contributed by atoms with Crippen molar-refractivity contribution in [2.45, 2.75) is 4.90 Å². The van der Waals surface area contributed by atoms with Gasteiger partial charge in [-0.15, -0.1) is 0 Å². The Labute approximate surface area is 127 Å². The van der Waals surface area contributed by atoms with Crippen LogP contribution in [-0.4, -0.2) is 13.4 Å². The molecule has 0 aliphatic carbocycles. The van der Waals surface area contributed by atoms with E-state index in [9.17, 15) is 17.2 Å². The molecule has 0 unspecified atom stereocenters. The Morgan fingerprint density at radius 1 is 1.24 bits per heavy atom. The maximum Gasteiger partial charge on any atom is 0.265 e. The van der Waals surface area contributed by atoms with Gasteiger partial charge in [0.2, 0.25) is 0 Å². The van der Waals surface area contributed by atoms with Crippen molar-refractivity contribution < 1.29 is 17.2 Å². The Hall–Kier alpha value is -1.78. The van der Waals surface area contributed by atoms with Crippen LogP contribution in [0.15, 0.2) is 39.8 Å². The van der Waals surface area contributed by atoms with Crippen molar-refractivity contribution in [3.63, 3.8) is 0 Å². The highest BCUT2D eigenvalue weighted by molar-refractivity contribution is 9.10.